The molecular formula is C38H48O14S3. The minimum atomic E-state index is -4.89. The summed E-state index contributed by atoms with van der Waals surface area (Å²) in [5.74, 6) is 0.953. The number of sulfone groups is 1. The fraction of sp³-hybridized carbons (Fsp3) is 0.421. The Morgan fingerprint density at radius 2 is 0.945 bits per heavy atom. The molecule has 0 bridgehead atoms. The normalized spacial score (nSPS) is 13.8. The number of rotatable bonds is 22. The van der Waals surface area contributed by atoms with E-state index in [0.717, 1.165) is 17.4 Å². The molecule has 4 aromatic rings. The Hall–Kier alpha value is -3.81. The molecule has 14 nitrogen and oxygen atoms in total. The highest BCUT2D eigenvalue weighted by molar-refractivity contribution is 7.91. The van der Waals surface area contributed by atoms with Crippen LogP contribution in [0.5, 0.6) is 17.2 Å². The van der Waals surface area contributed by atoms with Crippen molar-refractivity contribution in [3.63, 3.8) is 0 Å². The highest BCUT2D eigenvalue weighted by atomic mass is 32.3. The van der Waals surface area contributed by atoms with Gasteiger partial charge in [-0.25, -0.2) is 16.8 Å². The van der Waals surface area contributed by atoms with E-state index >= 15 is 0 Å². The van der Waals surface area contributed by atoms with Gasteiger partial charge >= 0.3 is 20.8 Å². The van der Waals surface area contributed by atoms with Gasteiger partial charge in [0.15, 0.2) is 0 Å². The molecule has 4 aromatic carbocycles. The Labute approximate surface area is 323 Å². The van der Waals surface area contributed by atoms with Crippen LogP contribution in [0.15, 0.2) is 94.7 Å². The van der Waals surface area contributed by atoms with Crippen LogP contribution in [-0.4, -0.2) is 79.1 Å². The van der Waals surface area contributed by atoms with Gasteiger partial charge in [0.25, 0.3) is 0 Å². The van der Waals surface area contributed by atoms with Crippen LogP contribution in [0.25, 0.3) is 10.8 Å². The van der Waals surface area contributed by atoms with Gasteiger partial charge in [0.1, 0.15) is 49.3 Å². The van der Waals surface area contributed by atoms with Crippen LogP contribution in [0.1, 0.15) is 59.4 Å². The first-order chi connectivity index (χ1) is 25.8. The molecule has 0 spiro atoms. The number of ether oxygens (including phenoxy) is 4. The van der Waals surface area contributed by atoms with E-state index < -0.39 is 42.8 Å². The minimum Gasteiger partial charge on any atom is -0.491 e. The van der Waals surface area contributed by atoms with Crippen LogP contribution in [0.4, 0.5) is 0 Å². The molecule has 0 aliphatic carbocycles. The van der Waals surface area contributed by atoms with E-state index in [4.69, 9.17) is 27.3 Å². The molecule has 4 rings (SSSR count). The molecule has 0 heterocycles. The third-order valence-corrected chi connectivity index (χ3v) is 11.8. The largest absolute Gasteiger partial charge is 0.491 e. The van der Waals surface area contributed by atoms with E-state index in [0.29, 0.717) is 29.7 Å². The second kappa shape index (κ2) is 18.9. The third-order valence-electron chi connectivity index (χ3n) is 9.00. The summed E-state index contributed by atoms with van der Waals surface area (Å²) in [5.41, 5.74) is 0.937. The first-order valence-electron chi connectivity index (χ1n) is 17.6. The van der Waals surface area contributed by atoms with Gasteiger partial charge in [-0.1, -0.05) is 58.9 Å². The topological polar surface area (TPSA) is 198 Å². The molecule has 2 N–H and O–H groups in total. The molecule has 0 aliphatic rings. The van der Waals surface area contributed by atoms with Crippen molar-refractivity contribution in [2.75, 3.05) is 26.4 Å². The molecule has 302 valence electrons. The molecule has 0 saturated heterocycles. The second-order valence-corrected chi connectivity index (χ2v) is 17.4. The van der Waals surface area contributed by atoms with E-state index in [1.165, 1.54) is 24.3 Å². The zero-order valence-electron chi connectivity index (χ0n) is 31.3. The van der Waals surface area contributed by atoms with Crippen molar-refractivity contribution in [3.05, 3.63) is 90.5 Å². The molecule has 2 atom stereocenters. The molecule has 0 saturated carbocycles. The minimum absolute atomic E-state index is 0.0453. The van der Waals surface area contributed by atoms with E-state index in [1.54, 1.807) is 48.5 Å². The fourth-order valence-corrected chi connectivity index (χ4v) is 7.58. The summed E-state index contributed by atoms with van der Waals surface area (Å²) >= 11 is 0. The van der Waals surface area contributed by atoms with Gasteiger partial charge in [-0.2, -0.15) is 16.8 Å². The highest BCUT2D eigenvalue weighted by Crippen LogP contribution is 2.30. The van der Waals surface area contributed by atoms with Gasteiger partial charge in [-0.3, -0.25) is 9.11 Å². The van der Waals surface area contributed by atoms with Crippen LogP contribution in [-0.2, 0) is 49.2 Å². The Bertz CT molecular complexity index is 2180. The summed E-state index contributed by atoms with van der Waals surface area (Å²) in [5, 5.41) is 1.44. The van der Waals surface area contributed by atoms with Crippen LogP contribution >= 0.6 is 0 Å². The van der Waals surface area contributed by atoms with Crippen molar-refractivity contribution >= 4 is 41.4 Å². The van der Waals surface area contributed by atoms with E-state index in [-0.39, 0.29) is 53.5 Å². The van der Waals surface area contributed by atoms with Gasteiger partial charge in [0.2, 0.25) is 9.84 Å². The zero-order valence-corrected chi connectivity index (χ0v) is 33.7. The predicted molar refractivity (Wildman–Crippen MR) is 205 cm³/mol. The van der Waals surface area contributed by atoms with Crippen molar-refractivity contribution in [3.8, 4) is 17.2 Å². The molecule has 0 amide bonds. The van der Waals surface area contributed by atoms with Gasteiger partial charge in [0.05, 0.1) is 22.5 Å². The van der Waals surface area contributed by atoms with Crippen molar-refractivity contribution in [1.29, 1.82) is 0 Å². The summed E-state index contributed by atoms with van der Waals surface area (Å²) in [4.78, 5) is 0.192. The second-order valence-electron chi connectivity index (χ2n) is 13.4. The molecule has 17 heteroatoms. The first kappa shape index (κ1) is 43.9. The number of hydrogen-bond donors (Lipinski definition) is 2. The average molecular weight is 825 g/mol. The van der Waals surface area contributed by atoms with Crippen LogP contribution < -0.4 is 14.2 Å². The third kappa shape index (κ3) is 13.4. The van der Waals surface area contributed by atoms with Crippen molar-refractivity contribution in [2.24, 2.45) is 0 Å². The summed E-state index contributed by atoms with van der Waals surface area (Å²) in [6.45, 7) is 9.06. The monoisotopic (exact) mass is 824 g/mol. The number of hydrogen-bond acceptors (Lipinski definition) is 12. The van der Waals surface area contributed by atoms with E-state index in [9.17, 15) is 34.4 Å². The Morgan fingerprint density at radius 1 is 0.545 bits per heavy atom. The van der Waals surface area contributed by atoms with Gasteiger partial charge in [-0.15, -0.1) is 0 Å². The summed E-state index contributed by atoms with van der Waals surface area (Å²) in [7, 11) is -13.5. The maximum Gasteiger partial charge on any atom is 0.397 e. The standard InChI is InChI=1S/C38H48O14S3/c1-6-30(7-2)47-23-34(51-54(41,42)43)25-49-32-13-9-28-22-33(14-10-27(28)21-32)50-26-35(52-55(44,45)46)24-48-31-15-19-37(20-16-31)53(39,40)36-17-11-29(12-18-36)38(4,5)8-3/h9-22,30,34-35H,6-8,23-26H2,1-5H3,(H,41,42,43)(H,44,45,46). The SMILES string of the molecule is CCC(CC)OCC(COc1ccc2cc(OCC(COc3ccc(S(=O)(=O)c4ccc(C(C)(C)CC)cc4)cc3)OS(=O)(=O)O)ccc2c1)OS(=O)(=O)O. The van der Waals surface area contributed by atoms with E-state index in [2.05, 4.69) is 20.8 Å². The lowest BCUT2D eigenvalue weighted by molar-refractivity contribution is -0.0182. The number of fused-ring (bicyclic) bond motifs is 1. The predicted octanol–water partition coefficient (Wildman–Crippen LogP) is 6.78. The van der Waals surface area contributed by atoms with Crippen LogP contribution in [0, 0.1) is 0 Å². The van der Waals surface area contributed by atoms with Crippen LogP contribution in [0.3, 0.4) is 0 Å². The van der Waals surface area contributed by atoms with Crippen LogP contribution in [0.2, 0.25) is 0 Å². The molecular weight excluding hydrogens is 777 g/mol. The smallest absolute Gasteiger partial charge is 0.397 e. The average Bonchev–Trinajstić information content (AvgIpc) is 3.14. The first-order valence-corrected chi connectivity index (χ1v) is 21.8. The Morgan fingerprint density at radius 3 is 1.36 bits per heavy atom. The van der Waals surface area contributed by atoms with Crippen molar-refractivity contribution in [1.82, 2.24) is 0 Å². The lowest BCUT2D eigenvalue weighted by Crippen LogP contribution is -2.31. The Kier molecular flexibility index (Phi) is 15.1. The van der Waals surface area contributed by atoms with Crippen molar-refractivity contribution < 1.29 is 61.7 Å². The molecule has 0 fully saturated rings. The van der Waals surface area contributed by atoms with Gasteiger partial charge in [0, 0.05) is 0 Å². The molecule has 0 radical (unpaired) electrons. The zero-order chi connectivity index (χ0) is 40.4. The lowest BCUT2D eigenvalue weighted by atomic mass is 9.82. The summed E-state index contributed by atoms with van der Waals surface area (Å²) in [6, 6.07) is 22.5. The molecule has 55 heavy (non-hydrogen) atoms. The fourth-order valence-electron chi connectivity index (χ4n) is 5.41. The lowest BCUT2D eigenvalue weighted by Gasteiger charge is -2.23. The van der Waals surface area contributed by atoms with Crippen molar-refractivity contribution in [2.45, 2.75) is 87.4 Å². The summed E-state index contributed by atoms with van der Waals surface area (Å²) < 4.78 is 123. The Balaban J connectivity index is 1.37. The molecule has 0 aliphatic heterocycles. The van der Waals surface area contributed by atoms with Gasteiger partial charge in [-0.05, 0) is 102 Å². The quantitative estimate of drug-likeness (QED) is 0.0787. The number of benzene rings is 4. The van der Waals surface area contributed by atoms with Gasteiger partial charge < -0.3 is 18.9 Å². The maximum absolute atomic E-state index is 13.3. The maximum atomic E-state index is 13.3. The molecule has 0 aromatic heterocycles. The summed E-state index contributed by atoms with van der Waals surface area (Å²) in [6.07, 6.45) is -0.161. The molecule has 2 unspecified atom stereocenters. The highest BCUT2D eigenvalue weighted by Gasteiger charge is 2.24. The van der Waals surface area contributed by atoms with E-state index in [1.807, 2.05) is 26.0 Å².